The van der Waals surface area contributed by atoms with Crippen molar-refractivity contribution in [2.75, 3.05) is 12.4 Å². The highest BCUT2D eigenvalue weighted by Crippen LogP contribution is 2.20. The SMILES string of the molecule is COc1ccc(C(NC(=O)O)C(=O)Nc2ccc([Si](C)(C)C)c(F)c2)cc1. The minimum Gasteiger partial charge on any atom is -0.497 e. The zero-order valence-electron chi connectivity index (χ0n) is 15.7. The number of nitrogens with one attached hydrogen (secondary N) is 2. The summed E-state index contributed by atoms with van der Waals surface area (Å²) in [5.74, 6) is -0.404. The summed E-state index contributed by atoms with van der Waals surface area (Å²) in [5, 5.41) is 14.5. The summed E-state index contributed by atoms with van der Waals surface area (Å²) >= 11 is 0. The van der Waals surface area contributed by atoms with Gasteiger partial charge in [-0.05, 0) is 35.0 Å². The Morgan fingerprint density at radius 3 is 2.22 bits per heavy atom. The van der Waals surface area contributed by atoms with E-state index in [-0.39, 0.29) is 11.5 Å². The molecule has 0 aliphatic rings. The smallest absolute Gasteiger partial charge is 0.405 e. The van der Waals surface area contributed by atoms with Crippen molar-refractivity contribution in [1.82, 2.24) is 5.32 Å². The Bertz CT molecular complexity index is 835. The number of amides is 2. The first kappa shape index (κ1) is 20.4. The van der Waals surface area contributed by atoms with Crippen molar-refractivity contribution in [2.45, 2.75) is 25.7 Å². The minimum absolute atomic E-state index is 0.269. The molecule has 3 N–H and O–H groups in total. The van der Waals surface area contributed by atoms with Gasteiger partial charge in [0, 0.05) is 5.69 Å². The lowest BCUT2D eigenvalue weighted by molar-refractivity contribution is -0.118. The van der Waals surface area contributed by atoms with Crippen molar-refractivity contribution in [3.63, 3.8) is 0 Å². The summed E-state index contributed by atoms with van der Waals surface area (Å²) in [6.07, 6.45) is -1.34. The third-order valence-electron chi connectivity index (χ3n) is 4.02. The van der Waals surface area contributed by atoms with Gasteiger partial charge in [0.1, 0.15) is 17.6 Å². The topological polar surface area (TPSA) is 87.7 Å². The van der Waals surface area contributed by atoms with Crippen LogP contribution < -0.4 is 20.6 Å². The number of carbonyl (C=O) groups is 2. The van der Waals surface area contributed by atoms with Gasteiger partial charge in [-0.15, -0.1) is 0 Å². The van der Waals surface area contributed by atoms with E-state index in [1.54, 1.807) is 36.4 Å². The number of carboxylic acid groups (broad SMARTS) is 1. The number of anilines is 1. The van der Waals surface area contributed by atoms with E-state index < -0.39 is 26.1 Å². The molecule has 0 saturated heterocycles. The standard InChI is InChI=1S/C19H23FN2O4Si/c1-26-14-8-5-12(6-9-14)17(22-19(24)25)18(23)21-13-7-10-16(15(20)11-13)27(2,3)4/h5-11,17,22H,1-4H3,(H,21,23)(H,24,25). The fourth-order valence-electron chi connectivity index (χ4n) is 2.64. The van der Waals surface area contributed by atoms with Crippen LogP contribution in [0.15, 0.2) is 42.5 Å². The Kier molecular flexibility index (Phi) is 6.22. The summed E-state index contributed by atoms with van der Waals surface area (Å²) in [7, 11) is -0.328. The first-order valence-corrected chi connectivity index (χ1v) is 11.9. The Labute approximate surface area is 158 Å². The van der Waals surface area contributed by atoms with Crippen LogP contribution in [0.2, 0.25) is 19.6 Å². The molecule has 1 atom stereocenters. The Hall–Kier alpha value is -2.87. The van der Waals surface area contributed by atoms with Crippen LogP contribution in [0.1, 0.15) is 11.6 Å². The molecule has 0 radical (unpaired) electrons. The van der Waals surface area contributed by atoms with Gasteiger partial charge in [0.05, 0.1) is 15.2 Å². The van der Waals surface area contributed by atoms with Crippen LogP contribution in [-0.4, -0.2) is 32.3 Å². The highest BCUT2D eigenvalue weighted by molar-refractivity contribution is 6.88. The van der Waals surface area contributed by atoms with Gasteiger partial charge in [-0.1, -0.05) is 37.8 Å². The molecule has 6 nitrogen and oxygen atoms in total. The number of hydrogen-bond acceptors (Lipinski definition) is 3. The highest BCUT2D eigenvalue weighted by Gasteiger charge is 2.24. The maximum Gasteiger partial charge on any atom is 0.405 e. The summed E-state index contributed by atoms with van der Waals surface area (Å²) < 4.78 is 19.4. The Morgan fingerprint density at radius 1 is 1.11 bits per heavy atom. The number of rotatable bonds is 6. The zero-order valence-corrected chi connectivity index (χ0v) is 16.7. The molecule has 0 aliphatic carbocycles. The molecule has 0 fully saturated rings. The number of carbonyl (C=O) groups excluding carboxylic acids is 1. The van der Waals surface area contributed by atoms with Crippen LogP contribution in [0, 0.1) is 5.82 Å². The first-order valence-electron chi connectivity index (χ1n) is 8.36. The molecule has 0 saturated carbocycles. The van der Waals surface area contributed by atoms with E-state index >= 15 is 0 Å². The molecule has 1 unspecified atom stereocenters. The van der Waals surface area contributed by atoms with Crippen LogP contribution in [-0.2, 0) is 4.79 Å². The quantitative estimate of drug-likeness (QED) is 0.660. The van der Waals surface area contributed by atoms with Gasteiger partial charge in [-0.2, -0.15) is 0 Å². The van der Waals surface area contributed by atoms with E-state index in [1.165, 1.54) is 13.2 Å². The van der Waals surface area contributed by atoms with Gasteiger partial charge in [-0.25, -0.2) is 9.18 Å². The number of benzene rings is 2. The van der Waals surface area contributed by atoms with Crippen molar-refractivity contribution in [1.29, 1.82) is 0 Å². The predicted molar refractivity (Wildman–Crippen MR) is 105 cm³/mol. The average Bonchev–Trinajstić information content (AvgIpc) is 2.58. The van der Waals surface area contributed by atoms with Gasteiger partial charge in [0.25, 0.3) is 5.91 Å². The van der Waals surface area contributed by atoms with Crippen molar-refractivity contribution in [3.8, 4) is 5.75 Å². The van der Waals surface area contributed by atoms with E-state index in [2.05, 4.69) is 10.6 Å². The largest absolute Gasteiger partial charge is 0.497 e. The second kappa shape index (κ2) is 8.21. The number of hydrogen-bond donors (Lipinski definition) is 3. The van der Waals surface area contributed by atoms with Crippen LogP contribution >= 0.6 is 0 Å². The third kappa shape index (κ3) is 5.30. The molecule has 2 aromatic rings. The highest BCUT2D eigenvalue weighted by atomic mass is 28.3. The predicted octanol–water partition coefficient (Wildman–Crippen LogP) is 3.33. The molecule has 2 rings (SSSR count). The van der Waals surface area contributed by atoms with Crippen LogP contribution in [0.5, 0.6) is 5.75 Å². The first-order chi connectivity index (χ1) is 12.6. The van der Waals surface area contributed by atoms with Crippen LogP contribution in [0.3, 0.4) is 0 Å². The molecule has 27 heavy (non-hydrogen) atoms. The molecule has 0 heterocycles. The Morgan fingerprint density at radius 2 is 1.74 bits per heavy atom. The number of halogens is 1. The van der Waals surface area contributed by atoms with Crippen molar-refractivity contribution < 1.29 is 23.8 Å². The summed E-state index contributed by atoms with van der Waals surface area (Å²) in [6, 6.07) is 9.85. The van der Waals surface area contributed by atoms with Crippen LogP contribution in [0.25, 0.3) is 0 Å². The second-order valence-corrected chi connectivity index (χ2v) is 12.1. The van der Waals surface area contributed by atoms with E-state index in [4.69, 9.17) is 9.84 Å². The van der Waals surface area contributed by atoms with Crippen molar-refractivity contribution >= 4 is 30.9 Å². The number of ether oxygens (including phenoxy) is 1. The van der Waals surface area contributed by atoms with Gasteiger partial charge in [0.2, 0.25) is 0 Å². The molecule has 0 aliphatic heterocycles. The van der Waals surface area contributed by atoms with Gasteiger partial charge >= 0.3 is 6.09 Å². The molecular formula is C19H23FN2O4Si. The van der Waals surface area contributed by atoms with Gasteiger partial charge in [0.15, 0.2) is 0 Å². The average molecular weight is 390 g/mol. The minimum atomic E-state index is -1.84. The van der Waals surface area contributed by atoms with Gasteiger partial charge < -0.3 is 20.5 Å². The number of methoxy groups -OCH3 is 1. The molecule has 0 aromatic heterocycles. The van der Waals surface area contributed by atoms with E-state index in [1.807, 2.05) is 19.6 Å². The van der Waals surface area contributed by atoms with Crippen LogP contribution in [0.4, 0.5) is 14.9 Å². The van der Waals surface area contributed by atoms with E-state index in [9.17, 15) is 14.0 Å². The molecular weight excluding hydrogens is 367 g/mol. The van der Waals surface area contributed by atoms with E-state index in [0.29, 0.717) is 16.5 Å². The monoisotopic (exact) mass is 390 g/mol. The summed E-state index contributed by atoms with van der Waals surface area (Å²) in [4.78, 5) is 23.7. The van der Waals surface area contributed by atoms with E-state index in [0.717, 1.165) is 0 Å². The molecule has 0 spiro atoms. The lowest BCUT2D eigenvalue weighted by Gasteiger charge is -2.20. The maximum atomic E-state index is 14.4. The lowest BCUT2D eigenvalue weighted by Crippen LogP contribution is -2.40. The molecule has 144 valence electrons. The second-order valence-electron chi connectivity index (χ2n) is 7.09. The molecule has 0 bridgehead atoms. The van der Waals surface area contributed by atoms with Crippen molar-refractivity contribution in [2.24, 2.45) is 0 Å². The summed E-state index contributed by atoms with van der Waals surface area (Å²) in [5.41, 5.74) is 0.708. The summed E-state index contributed by atoms with van der Waals surface area (Å²) in [6.45, 7) is 6.08. The van der Waals surface area contributed by atoms with Crippen molar-refractivity contribution in [3.05, 3.63) is 53.8 Å². The molecule has 2 aromatic carbocycles. The third-order valence-corrected chi connectivity index (χ3v) is 6.05. The fourth-order valence-corrected chi connectivity index (χ4v) is 4.01. The molecule has 8 heteroatoms. The maximum absolute atomic E-state index is 14.4. The van der Waals surface area contributed by atoms with Gasteiger partial charge in [-0.3, -0.25) is 4.79 Å². The molecule has 2 amide bonds. The fraction of sp³-hybridized carbons (Fsp3) is 0.263. The Balaban J connectivity index is 2.25. The normalized spacial score (nSPS) is 12.2. The zero-order chi connectivity index (χ0) is 20.2. The lowest BCUT2D eigenvalue weighted by atomic mass is 10.1.